The van der Waals surface area contributed by atoms with Gasteiger partial charge in [0.2, 0.25) is 5.91 Å². The Morgan fingerprint density at radius 1 is 0.943 bits per heavy atom. The van der Waals surface area contributed by atoms with Gasteiger partial charge < -0.3 is 19.9 Å². The van der Waals surface area contributed by atoms with E-state index in [0.29, 0.717) is 17.7 Å². The molecule has 0 aromatic rings. The van der Waals surface area contributed by atoms with Crippen molar-refractivity contribution in [1.29, 1.82) is 0 Å². The number of urea groups is 1. The van der Waals surface area contributed by atoms with E-state index in [9.17, 15) is 9.59 Å². The van der Waals surface area contributed by atoms with Crippen molar-refractivity contribution >= 4 is 25.9 Å². The molecule has 7 fully saturated rings. The number of piperidine rings is 1. The summed E-state index contributed by atoms with van der Waals surface area (Å²) < 4.78 is 5.65. The SMILES string of the molecule is O=C1COC2CCN(C(=O)N3CC(C4CCCC([B]C56CCC7CC(CC5)B76)CCC4)C3)CC2N1. The van der Waals surface area contributed by atoms with Crippen LogP contribution in [0, 0.1) is 11.8 Å². The van der Waals surface area contributed by atoms with E-state index in [-0.39, 0.29) is 30.7 Å². The van der Waals surface area contributed by atoms with Gasteiger partial charge in [-0.1, -0.05) is 93.3 Å². The van der Waals surface area contributed by atoms with Crippen molar-refractivity contribution in [3.8, 4) is 0 Å². The number of nitrogens with zero attached hydrogens (tertiary/aromatic N) is 2. The first-order valence-electron chi connectivity index (χ1n) is 14.9. The van der Waals surface area contributed by atoms with Gasteiger partial charge in [0.15, 0.2) is 0 Å². The van der Waals surface area contributed by atoms with Crippen molar-refractivity contribution in [3.63, 3.8) is 0 Å². The van der Waals surface area contributed by atoms with Crippen LogP contribution < -0.4 is 5.32 Å². The molecule has 6 aliphatic heterocycles. The van der Waals surface area contributed by atoms with Crippen LogP contribution in [-0.2, 0) is 9.53 Å². The van der Waals surface area contributed by atoms with Gasteiger partial charge in [-0.2, -0.15) is 0 Å². The molecule has 0 spiro atoms. The van der Waals surface area contributed by atoms with Crippen molar-refractivity contribution in [2.24, 2.45) is 11.8 Å². The Labute approximate surface area is 212 Å². The Kier molecular flexibility index (Phi) is 5.90. The molecule has 0 aromatic carbocycles. The molecule has 1 aliphatic carbocycles. The molecule has 1 saturated carbocycles. The molecule has 35 heavy (non-hydrogen) atoms. The number of nitrogens with one attached hydrogen (secondary N) is 1. The van der Waals surface area contributed by atoms with Crippen molar-refractivity contribution in [2.75, 3.05) is 32.8 Å². The molecular formula is C27H42B2N3O3. The van der Waals surface area contributed by atoms with Crippen molar-refractivity contribution < 1.29 is 14.3 Å². The smallest absolute Gasteiger partial charge is 0.320 e. The fraction of sp³-hybridized carbons (Fsp3) is 0.926. The third-order valence-electron chi connectivity index (χ3n) is 11.6. The quantitative estimate of drug-likeness (QED) is 0.624. The van der Waals surface area contributed by atoms with E-state index in [1.165, 1.54) is 64.2 Å². The minimum atomic E-state index is -0.0590. The molecule has 0 aromatic heterocycles. The molecule has 3 amide bonds. The monoisotopic (exact) mass is 478 g/mol. The van der Waals surface area contributed by atoms with Gasteiger partial charge in [0.05, 0.1) is 12.1 Å². The molecule has 6 nitrogen and oxygen atoms in total. The molecule has 7 aliphatic rings. The fourth-order valence-electron chi connectivity index (χ4n) is 9.77. The lowest BCUT2D eigenvalue weighted by Crippen LogP contribution is -2.64. The summed E-state index contributed by atoms with van der Waals surface area (Å²) >= 11 is 0. The molecule has 1 N–H and O–H groups in total. The summed E-state index contributed by atoms with van der Waals surface area (Å²) in [4.78, 5) is 28.8. The van der Waals surface area contributed by atoms with E-state index in [4.69, 9.17) is 4.74 Å². The molecule has 4 unspecified atom stereocenters. The van der Waals surface area contributed by atoms with Gasteiger partial charge >= 0.3 is 6.03 Å². The maximum Gasteiger partial charge on any atom is 0.320 e. The van der Waals surface area contributed by atoms with Gasteiger partial charge in [-0.3, -0.25) is 4.79 Å². The maximum atomic E-state index is 13.1. The third kappa shape index (κ3) is 4.05. The highest BCUT2D eigenvalue weighted by molar-refractivity contribution is 6.81. The number of ether oxygens (including phenoxy) is 1. The first kappa shape index (κ1) is 23.0. The second kappa shape index (κ2) is 8.99. The van der Waals surface area contributed by atoms with E-state index >= 15 is 0 Å². The zero-order valence-corrected chi connectivity index (χ0v) is 21.3. The molecule has 1 radical (unpaired) electrons. The normalized spacial score (nSPS) is 43.3. The van der Waals surface area contributed by atoms with Crippen molar-refractivity contribution in [3.05, 3.63) is 0 Å². The van der Waals surface area contributed by atoms with Crippen LogP contribution in [0.3, 0.4) is 0 Å². The fourth-order valence-corrected chi connectivity index (χ4v) is 9.77. The van der Waals surface area contributed by atoms with Crippen LogP contribution >= 0.6 is 0 Å². The minimum absolute atomic E-state index is 0.0459. The van der Waals surface area contributed by atoms with Gasteiger partial charge in [-0.25, -0.2) is 4.79 Å². The summed E-state index contributed by atoms with van der Waals surface area (Å²) in [6.07, 6.45) is 16.7. The summed E-state index contributed by atoms with van der Waals surface area (Å²) in [6.45, 7) is 4.42. The highest BCUT2D eigenvalue weighted by Crippen LogP contribution is 2.72. The Hall–Kier alpha value is -1.17. The van der Waals surface area contributed by atoms with E-state index in [2.05, 4.69) is 17.5 Å². The molecule has 6 saturated heterocycles. The number of hydrogen-bond acceptors (Lipinski definition) is 3. The number of carbonyl (C=O) groups excluding carboxylic acids is 2. The highest BCUT2D eigenvalue weighted by atomic mass is 16.5. The van der Waals surface area contributed by atoms with Crippen LogP contribution in [0.5, 0.6) is 0 Å². The zero-order valence-electron chi connectivity index (χ0n) is 21.3. The summed E-state index contributed by atoms with van der Waals surface area (Å²) in [5, 5.41) is 3.66. The first-order valence-corrected chi connectivity index (χ1v) is 14.9. The largest absolute Gasteiger partial charge is 0.366 e. The summed E-state index contributed by atoms with van der Waals surface area (Å²) in [5.74, 6) is 4.46. The lowest BCUT2D eigenvalue weighted by Gasteiger charge is -2.48. The number of carbonyl (C=O) groups is 2. The summed E-state index contributed by atoms with van der Waals surface area (Å²) in [6, 6.07) is 0.121. The second-order valence-electron chi connectivity index (χ2n) is 13.3. The Morgan fingerprint density at radius 3 is 2.43 bits per heavy atom. The molecule has 6 heterocycles. The van der Waals surface area contributed by atoms with Crippen LogP contribution in [0.2, 0.25) is 22.7 Å². The summed E-state index contributed by atoms with van der Waals surface area (Å²) in [5.41, 5.74) is 0. The Morgan fingerprint density at radius 2 is 1.69 bits per heavy atom. The van der Waals surface area contributed by atoms with Crippen LogP contribution in [0.4, 0.5) is 4.79 Å². The first-order chi connectivity index (χ1) is 17.1. The minimum Gasteiger partial charge on any atom is -0.366 e. The standard InChI is InChI=1S/C27H42B2N3O3/c33-25-17-35-24-9-12-31(16-23(24)30-25)26(34)32-14-19(15-32)18-3-1-5-20(6-2-4-18)28-27-10-7-21-13-22(8-11-27)29(21)27/h18-24H,1-17H2,(H,30,33). The number of rotatable bonds is 3. The molecule has 4 atom stereocenters. The van der Waals surface area contributed by atoms with Gasteiger partial charge in [-0.05, 0) is 18.3 Å². The lowest BCUT2D eigenvalue weighted by molar-refractivity contribution is -0.139. The molecule has 7 rings (SSSR count). The maximum absolute atomic E-state index is 13.1. The average molecular weight is 478 g/mol. The molecule has 0 bridgehead atoms. The van der Waals surface area contributed by atoms with E-state index in [0.717, 1.165) is 56.1 Å². The molecular weight excluding hydrogens is 436 g/mol. The van der Waals surface area contributed by atoms with Gasteiger partial charge in [-0.15, -0.1) is 0 Å². The van der Waals surface area contributed by atoms with Gasteiger partial charge in [0.25, 0.3) is 0 Å². The summed E-state index contributed by atoms with van der Waals surface area (Å²) in [7, 11) is 2.92. The van der Waals surface area contributed by atoms with Crippen LogP contribution in [0.25, 0.3) is 0 Å². The average Bonchev–Trinajstić information content (AvgIpc) is 3.21. The second-order valence-corrected chi connectivity index (χ2v) is 13.3. The number of fused-ring (bicyclic) bond motifs is 1. The number of amides is 3. The number of likely N-dealkylation sites (tertiary alicyclic amines) is 2. The number of hydrogen-bond donors (Lipinski definition) is 1. The molecule has 189 valence electrons. The third-order valence-corrected chi connectivity index (χ3v) is 11.6. The zero-order chi connectivity index (χ0) is 23.6. The Bertz CT molecular complexity index is 828. The number of morpholine rings is 1. The predicted octanol–water partition coefficient (Wildman–Crippen LogP) is 4.02. The predicted molar refractivity (Wildman–Crippen MR) is 138 cm³/mol. The van der Waals surface area contributed by atoms with E-state index < -0.39 is 0 Å². The highest BCUT2D eigenvalue weighted by Gasteiger charge is 2.63. The van der Waals surface area contributed by atoms with E-state index in [1.54, 1.807) is 6.42 Å². The van der Waals surface area contributed by atoms with E-state index in [1.807, 2.05) is 4.90 Å². The Balaban J connectivity index is 0.865. The van der Waals surface area contributed by atoms with Gasteiger partial charge in [0.1, 0.15) is 20.6 Å². The van der Waals surface area contributed by atoms with Crippen LogP contribution in [0.1, 0.15) is 77.0 Å². The van der Waals surface area contributed by atoms with Crippen molar-refractivity contribution in [2.45, 2.75) is 112 Å². The lowest BCUT2D eigenvalue weighted by atomic mass is 9.13. The topological polar surface area (TPSA) is 61.9 Å². The van der Waals surface area contributed by atoms with Crippen LogP contribution in [-0.4, -0.2) is 80.7 Å². The van der Waals surface area contributed by atoms with Crippen molar-refractivity contribution in [1.82, 2.24) is 15.1 Å². The van der Waals surface area contributed by atoms with Gasteiger partial charge in [0, 0.05) is 26.2 Å². The van der Waals surface area contributed by atoms with Crippen LogP contribution in [0.15, 0.2) is 0 Å². The molecule has 8 heteroatoms.